The zero-order chi connectivity index (χ0) is 17.4. The third-order valence-electron chi connectivity index (χ3n) is 3.76. The molecule has 0 aliphatic heterocycles. The maximum absolute atomic E-state index is 12.0. The van der Waals surface area contributed by atoms with Gasteiger partial charge in [-0.1, -0.05) is 18.2 Å². The van der Waals surface area contributed by atoms with Crippen molar-refractivity contribution in [2.75, 3.05) is 27.7 Å². The molecule has 0 aliphatic carbocycles. The van der Waals surface area contributed by atoms with Crippen LogP contribution in [0.5, 0.6) is 5.75 Å². The molecule has 0 spiro atoms. The minimum absolute atomic E-state index is 0.0834. The second-order valence-corrected chi connectivity index (χ2v) is 5.68. The number of aromatic nitrogens is 1. The number of rotatable bonds is 7. The first kappa shape index (κ1) is 17.7. The Bertz CT molecular complexity index is 629. The zero-order valence-corrected chi connectivity index (χ0v) is 14.3. The summed E-state index contributed by atoms with van der Waals surface area (Å²) in [7, 11) is 5.63. The topological polar surface area (TPSA) is 66.5 Å². The lowest BCUT2D eigenvalue weighted by molar-refractivity contribution is 0.232. The van der Waals surface area contributed by atoms with Gasteiger partial charge in [0.2, 0.25) is 0 Å². The molecule has 6 heteroatoms. The first-order valence-electron chi connectivity index (χ1n) is 7.81. The van der Waals surface area contributed by atoms with Gasteiger partial charge in [-0.2, -0.15) is 0 Å². The van der Waals surface area contributed by atoms with E-state index in [1.807, 2.05) is 50.5 Å². The average molecular weight is 328 g/mol. The summed E-state index contributed by atoms with van der Waals surface area (Å²) >= 11 is 0. The lowest BCUT2D eigenvalue weighted by Crippen LogP contribution is -2.40. The minimum atomic E-state index is -0.195. The van der Waals surface area contributed by atoms with E-state index in [0.29, 0.717) is 13.1 Å². The van der Waals surface area contributed by atoms with Crippen LogP contribution in [-0.4, -0.2) is 43.7 Å². The summed E-state index contributed by atoms with van der Waals surface area (Å²) in [5.41, 5.74) is 2.08. The molecule has 0 saturated carbocycles. The lowest BCUT2D eigenvalue weighted by atomic mass is 10.1. The van der Waals surface area contributed by atoms with Crippen molar-refractivity contribution in [1.82, 2.24) is 20.5 Å². The number of methoxy groups -OCH3 is 1. The summed E-state index contributed by atoms with van der Waals surface area (Å²) in [5, 5.41) is 5.75. The summed E-state index contributed by atoms with van der Waals surface area (Å²) < 4.78 is 5.18. The highest BCUT2D eigenvalue weighted by molar-refractivity contribution is 5.73. The summed E-state index contributed by atoms with van der Waals surface area (Å²) in [6, 6.07) is 11.5. The van der Waals surface area contributed by atoms with Gasteiger partial charge in [0.25, 0.3) is 0 Å². The molecule has 1 heterocycles. The van der Waals surface area contributed by atoms with Gasteiger partial charge >= 0.3 is 6.03 Å². The summed E-state index contributed by atoms with van der Waals surface area (Å²) in [5.74, 6) is 0.818. The van der Waals surface area contributed by atoms with Crippen molar-refractivity contribution in [2.24, 2.45) is 0 Å². The van der Waals surface area contributed by atoms with Crippen molar-refractivity contribution in [1.29, 1.82) is 0 Å². The number of carbonyl (C=O) groups is 1. The average Bonchev–Trinajstić information content (AvgIpc) is 2.61. The molecule has 1 atom stereocenters. The highest BCUT2D eigenvalue weighted by Crippen LogP contribution is 2.20. The minimum Gasteiger partial charge on any atom is -0.497 e. The van der Waals surface area contributed by atoms with Crippen LogP contribution in [0.25, 0.3) is 0 Å². The van der Waals surface area contributed by atoms with Crippen molar-refractivity contribution in [2.45, 2.75) is 12.6 Å². The molecule has 0 fully saturated rings. The molecule has 24 heavy (non-hydrogen) atoms. The molecule has 1 unspecified atom stereocenters. The molecule has 0 aliphatic rings. The molecule has 1 aromatic heterocycles. The Labute approximate surface area is 142 Å². The largest absolute Gasteiger partial charge is 0.497 e. The molecule has 128 valence electrons. The quantitative estimate of drug-likeness (QED) is 0.818. The third-order valence-corrected chi connectivity index (χ3v) is 3.76. The predicted octanol–water partition coefficient (Wildman–Crippen LogP) is 2.19. The number of ether oxygens (including phenoxy) is 1. The highest BCUT2D eigenvalue weighted by atomic mass is 16.5. The van der Waals surface area contributed by atoms with E-state index in [1.165, 1.54) is 0 Å². The van der Waals surface area contributed by atoms with Crippen molar-refractivity contribution >= 4 is 6.03 Å². The number of benzene rings is 1. The van der Waals surface area contributed by atoms with Crippen LogP contribution in [0.2, 0.25) is 0 Å². The van der Waals surface area contributed by atoms with Crippen LogP contribution in [0.15, 0.2) is 48.8 Å². The monoisotopic (exact) mass is 328 g/mol. The molecular weight excluding hydrogens is 304 g/mol. The van der Waals surface area contributed by atoms with Crippen molar-refractivity contribution < 1.29 is 9.53 Å². The Balaban J connectivity index is 1.87. The van der Waals surface area contributed by atoms with Gasteiger partial charge in [-0.05, 0) is 43.4 Å². The van der Waals surface area contributed by atoms with E-state index in [-0.39, 0.29) is 12.1 Å². The number of hydrogen-bond donors (Lipinski definition) is 2. The fourth-order valence-corrected chi connectivity index (χ4v) is 2.36. The number of pyridine rings is 1. The van der Waals surface area contributed by atoms with E-state index in [1.54, 1.807) is 19.5 Å². The van der Waals surface area contributed by atoms with Crippen LogP contribution < -0.4 is 15.4 Å². The second-order valence-electron chi connectivity index (χ2n) is 5.68. The zero-order valence-electron chi connectivity index (χ0n) is 14.3. The number of nitrogens with one attached hydrogen (secondary N) is 2. The first-order valence-corrected chi connectivity index (χ1v) is 7.81. The van der Waals surface area contributed by atoms with Crippen molar-refractivity contribution in [3.63, 3.8) is 0 Å². The van der Waals surface area contributed by atoms with Gasteiger partial charge in [0, 0.05) is 25.5 Å². The molecule has 2 N–H and O–H groups in total. The highest BCUT2D eigenvalue weighted by Gasteiger charge is 2.15. The van der Waals surface area contributed by atoms with Crippen LogP contribution in [0.3, 0.4) is 0 Å². The standard InChI is InChI=1S/C18H24N4O2/c1-22(2)17(15-6-8-16(24-3)9-7-15)13-21-18(23)20-12-14-5-4-10-19-11-14/h4-11,17H,12-13H2,1-3H3,(H2,20,21,23). The molecule has 0 radical (unpaired) electrons. The fourth-order valence-electron chi connectivity index (χ4n) is 2.36. The number of hydrogen-bond acceptors (Lipinski definition) is 4. The van der Waals surface area contributed by atoms with Gasteiger partial charge in [-0.3, -0.25) is 4.98 Å². The van der Waals surface area contributed by atoms with Crippen LogP contribution in [0.4, 0.5) is 4.79 Å². The molecule has 2 amide bonds. The van der Waals surface area contributed by atoms with E-state index in [9.17, 15) is 4.79 Å². The van der Waals surface area contributed by atoms with Gasteiger partial charge in [-0.25, -0.2) is 4.79 Å². The van der Waals surface area contributed by atoms with Crippen molar-refractivity contribution in [3.05, 3.63) is 59.9 Å². The van der Waals surface area contributed by atoms with E-state index >= 15 is 0 Å². The molecule has 0 bridgehead atoms. The molecule has 1 aromatic carbocycles. The smallest absolute Gasteiger partial charge is 0.315 e. The van der Waals surface area contributed by atoms with Crippen LogP contribution in [0.1, 0.15) is 17.2 Å². The number of nitrogens with zero attached hydrogens (tertiary/aromatic N) is 2. The maximum Gasteiger partial charge on any atom is 0.315 e. The number of likely N-dealkylation sites (N-methyl/N-ethyl adjacent to an activating group) is 1. The summed E-state index contributed by atoms with van der Waals surface area (Å²) in [4.78, 5) is 18.1. The number of carbonyl (C=O) groups excluding carboxylic acids is 1. The number of urea groups is 1. The van der Waals surface area contributed by atoms with Crippen molar-refractivity contribution in [3.8, 4) is 5.75 Å². The third kappa shape index (κ3) is 5.24. The molecule has 2 aromatic rings. The van der Waals surface area contributed by atoms with Gasteiger partial charge in [0.05, 0.1) is 13.2 Å². The molecule has 0 saturated heterocycles. The SMILES string of the molecule is COc1ccc(C(CNC(=O)NCc2cccnc2)N(C)C)cc1. The van der Waals surface area contributed by atoms with E-state index in [4.69, 9.17) is 4.74 Å². The van der Waals surface area contributed by atoms with Gasteiger partial charge in [0.1, 0.15) is 5.75 Å². The van der Waals surface area contributed by atoms with Crippen LogP contribution >= 0.6 is 0 Å². The van der Waals surface area contributed by atoms with E-state index in [0.717, 1.165) is 16.9 Å². The Morgan fingerprint density at radius 2 is 1.96 bits per heavy atom. The van der Waals surface area contributed by atoms with E-state index in [2.05, 4.69) is 20.5 Å². The number of amides is 2. The Kier molecular flexibility index (Phi) is 6.57. The molecule has 6 nitrogen and oxygen atoms in total. The van der Waals surface area contributed by atoms with E-state index < -0.39 is 0 Å². The summed E-state index contributed by atoms with van der Waals surface area (Å²) in [6.07, 6.45) is 3.44. The maximum atomic E-state index is 12.0. The Hall–Kier alpha value is -2.60. The van der Waals surface area contributed by atoms with Gasteiger partial charge < -0.3 is 20.3 Å². The normalized spacial score (nSPS) is 11.8. The van der Waals surface area contributed by atoms with Crippen LogP contribution in [0, 0.1) is 0 Å². The molecular formula is C18H24N4O2. The molecule has 2 rings (SSSR count). The Morgan fingerprint density at radius 1 is 1.21 bits per heavy atom. The van der Waals surface area contributed by atoms with Crippen LogP contribution in [-0.2, 0) is 6.54 Å². The second kappa shape index (κ2) is 8.88. The van der Waals surface area contributed by atoms with Gasteiger partial charge in [-0.15, -0.1) is 0 Å². The Morgan fingerprint density at radius 3 is 2.54 bits per heavy atom. The summed E-state index contributed by atoms with van der Waals surface area (Å²) in [6.45, 7) is 0.965. The van der Waals surface area contributed by atoms with Gasteiger partial charge in [0.15, 0.2) is 0 Å². The predicted molar refractivity (Wildman–Crippen MR) is 93.9 cm³/mol. The lowest BCUT2D eigenvalue weighted by Gasteiger charge is -2.25. The first-order chi connectivity index (χ1) is 11.6. The fraction of sp³-hybridized carbons (Fsp3) is 0.333.